The van der Waals surface area contributed by atoms with Gasteiger partial charge in [0.1, 0.15) is 5.75 Å². The van der Waals surface area contributed by atoms with Gasteiger partial charge in [0.25, 0.3) is 0 Å². The minimum Gasteiger partial charge on any atom is -0.494 e. The van der Waals surface area contributed by atoms with Gasteiger partial charge < -0.3 is 9.64 Å². The lowest BCUT2D eigenvalue weighted by Crippen LogP contribution is -2.40. The molecule has 2 aromatic rings. The lowest BCUT2D eigenvalue weighted by Gasteiger charge is -2.41. The molecule has 0 aromatic heterocycles. The molecule has 2 aromatic carbocycles. The first-order chi connectivity index (χ1) is 13.5. The van der Waals surface area contributed by atoms with Gasteiger partial charge in [0.05, 0.1) is 18.4 Å². The van der Waals surface area contributed by atoms with Crippen molar-refractivity contribution in [1.29, 1.82) is 0 Å². The van der Waals surface area contributed by atoms with Crippen LogP contribution >= 0.6 is 0 Å². The third-order valence-corrected chi connectivity index (χ3v) is 7.12. The molecule has 28 heavy (non-hydrogen) atoms. The van der Waals surface area contributed by atoms with E-state index in [0.717, 1.165) is 12.2 Å². The molecule has 4 rings (SSSR count). The molecule has 0 amide bonds. The van der Waals surface area contributed by atoms with Crippen molar-refractivity contribution in [3.8, 4) is 5.75 Å². The van der Waals surface area contributed by atoms with Crippen LogP contribution in [0, 0.1) is 0 Å². The highest BCUT2D eigenvalue weighted by Gasteiger charge is 2.37. The van der Waals surface area contributed by atoms with E-state index >= 15 is 0 Å². The van der Waals surface area contributed by atoms with E-state index in [9.17, 15) is 8.42 Å². The van der Waals surface area contributed by atoms with Crippen molar-refractivity contribution < 1.29 is 13.2 Å². The second kappa shape index (κ2) is 7.66. The minimum atomic E-state index is -3.25. The number of nitrogens with zero attached hydrogens (tertiary/aromatic N) is 1. The summed E-state index contributed by atoms with van der Waals surface area (Å²) in [5.74, 6) is 1.00. The molecule has 6 heteroatoms. The van der Waals surface area contributed by atoms with Gasteiger partial charge in [-0.15, -0.1) is 0 Å². The molecule has 0 bridgehead atoms. The molecular weight excluding hydrogens is 372 g/mol. The van der Waals surface area contributed by atoms with Crippen molar-refractivity contribution in [3.63, 3.8) is 0 Å². The molecular formula is C22H28N2O3S. The highest BCUT2D eigenvalue weighted by Crippen LogP contribution is 2.46. The monoisotopic (exact) mass is 400 g/mol. The van der Waals surface area contributed by atoms with Gasteiger partial charge in [-0.3, -0.25) is 4.72 Å². The maximum Gasteiger partial charge on any atom is 0.232 e. The summed E-state index contributed by atoms with van der Waals surface area (Å²) in [5.41, 5.74) is 4.49. The Balaban J connectivity index is 1.61. The van der Waals surface area contributed by atoms with Gasteiger partial charge in [0.2, 0.25) is 10.0 Å². The van der Waals surface area contributed by atoms with Crippen LogP contribution in [0.25, 0.3) is 0 Å². The maximum absolute atomic E-state index is 11.8. The van der Waals surface area contributed by atoms with E-state index in [4.69, 9.17) is 4.74 Å². The van der Waals surface area contributed by atoms with Crippen molar-refractivity contribution >= 4 is 21.4 Å². The Bertz CT molecular complexity index is 937. The van der Waals surface area contributed by atoms with Crippen LogP contribution in [0.4, 0.5) is 11.4 Å². The number of sulfonamides is 1. The summed E-state index contributed by atoms with van der Waals surface area (Å²) in [5, 5.41) is 0. The first kappa shape index (κ1) is 19.1. The summed E-state index contributed by atoms with van der Waals surface area (Å²) in [7, 11) is -3.25. The van der Waals surface area contributed by atoms with Gasteiger partial charge in [-0.05, 0) is 68.9 Å². The number of nitrogens with one attached hydrogen (secondary N) is 1. The molecule has 0 saturated heterocycles. The summed E-state index contributed by atoms with van der Waals surface area (Å²) in [6, 6.07) is 15.1. The minimum absolute atomic E-state index is 0.0737. The third kappa shape index (κ3) is 3.70. The molecule has 0 spiro atoms. The largest absolute Gasteiger partial charge is 0.494 e. The van der Waals surface area contributed by atoms with Crippen LogP contribution < -0.4 is 14.4 Å². The lowest BCUT2D eigenvalue weighted by molar-refractivity contribution is 0.339. The van der Waals surface area contributed by atoms with Gasteiger partial charge in [-0.2, -0.15) is 0 Å². The Labute approximate surface area is 167 Å². The van der Waals surface area contributed by atoms with Crippen LogP contribution in [0.1, 0.15) is 50.3 Å². The summed E-state index contributed by atoms with van der Waals surface area (Å²) >= 11 is 0. The van der Waals surface area contributed by atoms with Crippen molar-refractivity contribution in [1.82, 2.24) is 0 Å². The Hall–Kier alpha value is -2.21. The molecule has 1 unspecified atom stereocenters. The second-order valence-electron chi connectivity index (χ2n) is 7.56. The average molecular weight is 401 g/mol. The highest BCUT2D eigenvalue weighted by molar-refractivity contribution is 7.92. The SMILES string of the molecule is CCOc1ccc2c(c1)N(C1CCC1)C(c1ccc(NS(=O)(=O)CC)cc1)C2. The molecule has 2 aliphatic rings. The van der Waals surface area contributed by atoms with Gasteiger partial charge in [-0.25, -0.2) is 8.42 Å². The quantitative estimate of drug-likeness (QED) is 0.743. The summed E-state index contributed by atoms with van der Waals surface area (Å²) in [4.78, 5) is 2.56. The summed E-state index contributed by atoms with van der Waals surface area (Å²) in [6.45, 7) is 4.31. The van der Waals surface area contributed by atoms with E-state index in [2.05, 4.69) is 40.0 Å². The van der Waals surface area contributed by atoms with E-state index in [1.165, 1.54) is 36.1 Å². The molecule has 1 N–H and O–H groups in total. The second-order valence-corrected chi connectivity index (χ2v) is 9.57. The molecule has 1 aliphatic heterocycles. The number of ether oxygens (including phenoxy) is 1. The Morgan fingerprint density at radius 3 is 2.46 bits per heavy atom. The first-order valence-corrected chi connectivity index (χ1v) is 11.8. The predicted molar refractivity (Wildman–Crippen MR) is 114 cm³/mol. The third-order valence-electron chi connectivity index (χ3n) is 5.81. The molecule has 1 saturated carbocycles. The molecule has 1 aliphatic carbocycles. The van der Waals surface area contributed by atoms with Crippen LogP contribution in [0.3, 0.4) is 0 Å². The van der Waals surface area contributed by atoms with Gasteiger partial charge >= 0.3 is 0 Å². The Morgan fingerprint density at radius 1 is 1.11 bits per heavy atom. The molecule has 0 radical (unpaired) electrons. The van der Waals surface area contributed by atoms with E-state index in [1.807, 2.05) is 19.1 Å². The molecule has 150 valence electrons. The van der Waals surface area contributed by atoms with Crippen molar-refractivity contribution in [2.75, 3.05) is 22.0 Å². The fourth-order valence-electron chi connectivity index (χ4n) is 4.11. The van der Waals surface area contributed by atoms with Crippen LogP contribution in [0.5, 0.6) is 5.75 Å². The van der Waals surface area contributed by atoms with Gasteiger partial charge in [0, 0.05) is 23.5 Å². The number of rotatable bonds is 7. The fourth-order valence-corrected chi connectivity index (χ4v) is 4.75. The van der Waals surface area contributed by atoms with Crippen LogP contribution in [-0.2, 0) is 16.4 Å². The topological polar surface area (TPSA) is 58.6 Å². The molecule has 1 heterocycles. The van der Waals surface area contributed by atoms with Crippen molar-refractivity contribution in [3.05, 3.63) is 53.6 Å². The van der Waals surface area contributed by atoms with Crippen molar-refractivity contribution in [2.24, 2.45) is 0 Å². The zero-order valence-electron chi connectivity index (χ0n) is 16.5. The van der Waals surface area contributed by atoms with Gasteiger partial charge in [0.15, 0.2) is 0 Å². The first-order valence-electron chi connectivity index (χ1n) is 10.1. The molecule has 1 atom stereocenters. The number of fused-ring (bicyclic) bond motifs is 1. The van der Waals surface area contributed by atoms with Crippen LogP contribution in [-0.4, -0.2) is 26.8 Å². The Kier molecular flexibility index (Phi) is 5.23. The van der Waals surface area contributed by atoms with Crippen LogP contribution in [0.15, 0.2) is 42.5 Å². The van der Waals surface area contributed by atoms with E-state index in [-0.39, 0.29) is 11.8 Å². The smallest absolute Gasteiger partial charge is 0.232 e. The normalized spacial score (nSPS) is 19.2. The van der Waals surface area contributed by atoms with E-state index < -0.39 is 10.0 Å². The number of hydrogen-bond donors (Lipinski definition) is 1. The summed E-state index contributed by atoms with van der Waals surface area (Å²) in [6.07, 6.45) is 4.71. The maximum atomic E-state index is 11.8. The van der Waals surface area contributed by atoms with Crippen LogP contribution in [0.2, 0.25) is 0 Å². The number of benzene rings is 2. The van der Waals surface area contributed by atoms with E-state index in [0.29, 0.717) is 18.3 Å². The standard InChI is InChI=1S/C22H28N2O3S/c1-3-27-20-13-10-17-14-21(24(22(17)15-20)19-6-5-7-19)16-8-11-18(12-9-16)23-28(25,26)4-2/h8-13,15,19,21,23H,3-7,14H2,1-2H3. The van der Waals surface area contributed by atoms with Crippen molar-refractivity contribution in [2.45, 2.75) is 51.6 Å². The summed E-state index contributed by atoms with van der Waals surface area (Å²) < 4.78 is 32.0. The zero-order valence-corrected chi connectivity index (χ0v) is 17.3. The highest BCUT2D eigenvalue weighted by atomic mass is 32.2. The fraction of sp³-hybridized carbons (Fsp3) is 0.455. The predicted octanol–water partition coefficient (Wildman–Crippen LogP) is 4.50. The molecule has 5 nitrogen and oxygen atoms in total. The van der Waals surface area contributed by atoms with Gasteiger partial charge in [-0.1, -0.05) is 18.2 Å². The number of anilines is 2. The average Bonchev–Trinajstić information content (AvgIpc) is 3.00. The number of hydrogen-bond acceptors (Lipinski definition) is 4. The Morgan fingerprint density at radius 2 is 1.86 bits per heavy atom. The van der Waals surface area contributed by atoms with E-state index in [1.54, 1.807) is 6.92 Å². The zero-order chi connectivity index (χ0) is 19.7. The molecule has 1 fully saturated rings. The lowest BCUT2D eigenvalue weighted by atomic mass is 9.89.